The molecule has 0 unspecified atom stereocenters. The maximum absolute atomic E-state index is 2.43. The molecule has 0 amide bonds. The second-order valence-corrected chi connectivity index (χ2v) is 6.29. The molecule has 0 aromatic heterocycles. The topological polar surface area (TPSA) is 0 Å². The summed E-state index contributed by atoms with van der Waals surface area (Å²) in [5.41, 5.74) is 6.54. The fourth-order valence-corrected chi connectivity index (χ4v) is 2.72. The molecule has 0 radical (unpaired) electrons. The predicted molar refractivity (Wildman–Crippen MR) is 75.9 cm³/mol. The molecular formula is C17H24. The van der Waals surface area contributed by atoms with Gasteiger partial charge in [0.05, 0.1) is 0 Å². The molecule has 0 spiro atoms. The molecule has 92 valence electrons. The highest BCUT2D eigenvalue weighted by Crippen LogP contribution is 2.40. The summed E-state index contributed by atoms with van der Waals surface area (Å²) in [6, 6.07) is 0. The van der Waals surface area contributed by atoms with Gasteiger partial charge in [-0.05, 0) is 54.7 Å². The quantitative estimate of drug-likeness (QED) is 0.568. The van der Waals surface area contributed by atoms with Crippen LogP contribution in [-0.4, -0.2) is 0 Å². The van der Waals surface area contributed by atoms with Gasteiger partial charge in [0.25, 0.3) is 0 Å². The van der Waals surface area contributed by atoms with Gasteiger partial charge in [-0.1, -0.05) is 50.6 Å². The lowest BCUT2D eigenvalue weighted by Crippen LogP contribution is -2.15. The molecule has 0 bridgehead atoms. The van der Waals surface area contributed by atoms with Crippen LogP contribution < -0.4 is 0 Å². The highest BCUT2D eigenvalue weighted by Gasteiger charge is 2.24. The Labute approximate surface area is 106 Å². The number of allylic oxidation sites excluding steroid dienone is 8. The summed E-state index contributed by atoms with van der Waals surface area (Å²) in [4.78, 5) is 0. The van der Waals surface area contributed by atoms with E-state index in [0.29, 0.717) is 0 Å². The smallest absolute Gasteiger partial charge is 0.0129 e. The highest BCUT2D eigenvalue weighted by atomic mass is 14.3. The molecule has 0 heteroatoms. The summed E-state index contributed by atoms with van der Waals surface area (Å²) in [5.74, 6) is 0. The number of hydrogen-bond acceptors (Lipinski definition) is 0. The maximum Gasteiger partial charge on any atom is -0.0129 e. The first-order chi connectivity index (χ1) is 7.98. The Morgan fingerprint density at radius 2 is 1.82 bits per heavy atom. The minimum absolute atomic E-state index is 0.263. The SMILES string of the molecule is CC1=CC(C(C)(C)C)=C(C2=CC=CCC2)CC1. The Bertz CT molecular complexity index is 419. The van der Waals surface area contributed by atoms with Crippen LogP contribution in [0.25, 0.3) is 0 Å². The summed E-state index contributed by atoms with van der Waals surface area (Å²) in [7, 11) is 0. The van der Waals surface area contributed by atoms with Crippen molar-refractivity contribution in [2.75, 3.05) is 0 Å². The van der Waals surface area contributed by atoms with Gasteiger partial charge in [-0.25, -0.2) is 0 Å². The van der Waals surface area contributed by atoms with Crippen LogP contribution in [0.1, 0.15) is 53.4 Å². The molecule has 0 atom stereocenters. The molecule has 2 aliphatic carbocycles. The summed E-state index contributed by atoms with van der Waals surface area (Å²) < 4.78 is 0. The van der Waals surface area contributed by atoms with E-state index in [4.69, 9.17) is 0 Å². The Kier molecular flexibility index (Phi) is 3.42. The fourth-order valence-electron chi connectivity index (χ4n) is 2.72. The lowest BCUT2D eigenvalue weighted by Gasteiger charge is -2.30. The van der Waals surface area contributed by atoms with Crippen molar-refractivity contribution in [2.24, 2.45) is 5.41 Å². The summed E-state index contributed by atoms with van der Waals surface area (Å²) in [5, 5.41) is 0. The molecular weight excluding hydrogens is 204 g/mol. The van der Waals surface area contributed by atoms with Gasteiger partial charge in [-0.3, -0.25) is 0 Å². The molecule has 0 aliphatic heterocycles. The Balaban J connectivity index is 2.46. The van der Waals surface area contributed by atoms with Crippen LogP contribution in [0.4, 0.5) is 0 Å². The Morgan fingerprint density at radius 1 is 1.06 bits per heavy atom. The van der Waals surface area contributed by atoms with E-state index in [1.54, 1.807) is 16.7 Å². The van der Waals surface area contributed by atoms with Crippen molar-refractivity contribution in [3.63, 3.8) is 0 Å². The second-order valence-electron chi connectivity index (χ2n) is 6.29. The zero-order valence-electron chi connectivity index (χ0n) is 11.6. The van der Waals surface area contributed by atoms with E-state index in [2.05, 4.69) is 52.0 Å². The molecule has 0 saturated heterocycles. The zero-order chi connectivity index (χ0) is 12.5. The molecule has 0 saturated carbocycles. The first kappa shape index (κ1) is 12.4. The van der Waals surface area contributed by atoms with Crippen molar-refractivity contribution in [3.05, 3.63) is 46.6 Å². The molecule has 0 heterocycles. The van der Waals surface area contributed by atoms with E-state index in [1.165, 1.54) is 31.3 Å². The average Bonchev–Trinajstić information content (AvgIpc) is 2.29. The van der Waals surface area contributed by atoms with Crippen LogP contribution >= 0.6 is 0 Å². The number of rotatable bonds is 1. The summed E-state index contributed by atoms with van der Waals surface area (Å²) in [6.07, 6.45) is 14.1. The van der Waals surface area contributed by atoms with Gasteiger partial charge in [-0.2, -0.15) is 0 Å². The van der Waals surface area contributed by atoms with Crippen LogP contribution in [0.5, 0.6) is 0 Å². The lowest BCUT2D eigenvalue weighted by molar-refractivity contribution is 0.505. The van der Waals surface area contributed by atoms with Crippen LogP contribution in [-0.2, 0) is 0 Å². The first-order valence-corrected chi connectivity index (χ1v) is 6.75. The van der Waals surface area contributed by atoms with Gasteiger partial charge in [-0.15, -0.1) is 0 Å². The third kappa shape index (κ3) is 2.80. The minimum atomic E-state index is 0.263. The molecule has 0 aromatic rings. The van der Waals surface area contributed by atoms with Gasteiger partial charge in [0, 0.05) is 0 Å². The molecule has 2 rings (SSSR count). The Hall–Kier alpha value is -1.04. The van der Waals surface area contributed by atoms with E-state index in [0.717, 1.165) is 0 Å². The summed E-state index contributed by atoms with van der Waals surface area (Å²) in [6.45, 7) is 9.25. The van der Waals surface area contributed by atoms with Gasteiger partial charge >= 0.3 is 0 Å². The summed E-state index contributed by atoms with van der Waals surface area (Å²) >= 11 is 0. The van der Waals surface area contributed by atoms with E-state index in [1.807, 2.05) is 0 Å². The second kappa shape index (κ2) is 4.68. The molecule has 0 fully saturated rings. The molecule has 2 aliphatic rings. The van der Waals surface area contributed by atoms with Crippen LogP contribution in [0, 0.1) is 5.41 Å². The van der Waals surface area contributed by atoms with Crippen molar-refractivity contribution < 1.29 is 0 Å². The van der Waals surface area contributed by atoms with Crippen molar-refractivity contribution in [3.8, 4) is 0 Å². The highest BCUT2D eigenvalue weighted by molar-refractivity contribution is 5.48. The maximum atomic E-state index is 2.43. The Morgan fingerprint density at radius 3 is 2.41 bits per heavy atom. The standard InChI is InChI=1S/C17H24/c1-13-10-11-15(14-8-6-5-7-9-14)16(12-13)17(2,3)4/h5-6,8,12H,7,9-11H2,1-4H3. The molecule has 0 nitrogen and oxygen atoms in total. The van der Waals surface area contributed by atoms with Crippen LogP contribution in [0.2, 0.25) is 0 Å². The van der Waals surface area contributed by atoms with Gasteiger partial charge in [0.15, 0.2) is 0 Å². The fraction of sp³-hybridized carbons (Fsp3) is 0.529. The predicted octanol–water partition coefficient (Wildman–Crippen LogP) is 5.35. The molecule has 0 aromatic carbocycles. The first-order valence-electron chi connectivity index (χ1n) is 6.75. The van der Waals surface area contributed by atoms with E-state index in [-0.39, 0.29) is 5.41 Å². The zero-order valence-corrected chi connectivity index (χ0v) is 11.6. The van der Waals surface area contributed by atoms with Crippen molar-refractivity contribution in [2.45, 2.75) is 53.4 Å². The minimum Gasteiger partial charge on any atom is -0.0842 e. The van der Waals surface area contributed by atoms with Crippen molar-refractivity contribution in [1.29, 1.82) is 0 Å². The van der Waals surface area contributed by atoms with Crippen molar-refractivity contribution >= 4 is 0 Å². The third-order valence-corrected chi connectivity index (χ3v) is 3.69. The van der Waals surface area contributed by atoms with E-state index >= 15 is 0 Å². The van der Waals surface area contributed by atoms with E-state index < -0.39 is 0 Å². The average molecular weight is 228 g/mol. The van der Waals surface area contributed by atoms with Crippen LogP contribution in [0.15, 0.2) is 46.6 Å². The molecule has 0 N–H and O–H groups in total. The largest absolute Gasteiger partial charge is 0.0842 e. The van der Waals surface area contributed by atoms with Gasteiger partial charge < -0.3 is 0 Å². The third-order valence-electron chi connectivity index (χ3n) is 3.69. The monoisotopic (exact) mass is 228 g/mol. The molecule has 17 heavy (non-hydrogen) atoms. The number of hydrogen-bond donors (Lipinski definition) is 0. The lowest BCUT2D eigenvalue weighted by atomic mass is 9.75. The van der Waals surface area contributed by atoms with Gasteiger partial charge in [0.1, 0.15) is 0 Å². The van der Waals surface area contributed by atoms with E-state index in [9.17, 15) is 0 Å². The normalized spacial score (nSPS) is 21.4. The van der Waals surface area contributed by atoms with Crippen LogP contribution in [0.3, 0.4) is 0 Å². The van der Waals surface area contributed by atoms with Gasteiger partial charge in [0.2, 0.25) is 0 Å². The van der Waals surface area contributed by atoms with Crippen molar-refractivity contribution in [1.82, 2.24) is 0 Å².